The van der Waals surface area contributed by atoms with Crippen molar-refractivity contribution in [2.24, 2.45) is 57.2 Å². The molecule has 9 aliphatic rings. The number of aliphatic hydroxyl groups excluding tert-OH is 3. The third kappa shape index (κ3) is 6.47. The minimum absolute atomic E-state index is 0.0325. The Morgan fingerprint density at radius 2 is 1.31 bits per heavy atom. The van der Waals surface area contributed by atoms with Crippen molar-refractivity contribution in [1.29, 1.82) is 0 Å². The van der Waals surface area contributed by atoms with Crippen LogP contribution in [-0.2, 0) is 33.4 Å². The standard InChI is InChI=1S/C27H36FNO7.C26H36FNO6/c1-6-29-23(34)36-27(22(33)14-35-16(3)30)15(2)11-20-19-8-7-17-12-18(31)9-10-24(17,4)26(19,28)21(32)13-25(20,27)5;1-5-10-28-21(32)34-26(24(28,33)14-29)15(2)11-19-18-7-6-16-12-17(30)8-9-22(16,3)25(18,27)20(31)13-23(19,26)4/h9-10,12,15,19-21,32H,6-8,11,13-14H2,1-5H3,(H,29,34);8-9,12,15,18-20,29,31,33H,5-7,10-11,13-14H2,1-4H3/t15-,19-,20-,21-,24-,25-,26-,27-;15-,18-,19-,20-,22-,23-,24?,25-,26+/m00/s1. The van der Waals surface area contributed by atoms with Gasteiger partial charge in [-0.25, -0.2) is 18.4 Å². The highest BCUT2D eigenvalue weighted by molar-refractivity contribution is 6.02. The molecule has 8 aliphatic carbocycles. The highest BCUT2D eigenvalue weighted by atomic mass is 19.1. The van der Waals surface area contributed by atoms with Crippen molar-refractivity contribution >= 4 is 35.5 Å². The molecule has 0 aromatic heterocycles. The molecule has 0 aromatic rings. The van der Waals surface area contributed by atoms with E-state index in [0.29, 0.717) is 56.1 Å². The number of halogens is 2. The lowest BCUT2D eigenvalue weighted by Gasteiger charge is -2.63. The van der Waals surface area contributed by atoms with Gasteiger partial charge in [-0.05, 0) is 115 Å². The van der Waals surface area contributed by atoms with Crippen LogP contribution < -0.4 is 5.32 Å². The van der Waals surface area contributed by atoms with Crippen molar-refractivity contribution in [3.63, 3.8) is 0 Å². The molecular formula is C53H72F2N2O13. The second-order valence-electron chi connectivity index (χ2n) is 22.9. The zero-order valence-corrected chi connectivity index (χ0v) is 41.9. The van der Waals surface area contributed by atoms with Gasteiger partial charge in [0.15, 0.2) is 40.7 Å². The van der Waals surface area contributed by atoms with E-state index in [0.717, 1.165) is 0 Å². The normalized spacial score (nSPS) is 47.2. The zero-order valence-electron chi connectivity index (χ0n) is 41.9. The van der Waals surface area contributed by atoms with Crippen LogP contribution in [0.5, 0.6) is 0 Å². The van der Waals surface area contributed by atoms with E-state index in [9.17, 15) is 49.2 Å². The zero-order chi connectivity index (χ0) is 51.6. The van der Waals surface area contributed by atoms with Crippen molar-refractivity contribution < 1.29 is 72.2 Å². The topological polar surface area (TPSA) is 226 Å². The summed E-state index contributed by atoms with van der Waals surface area (Å²) in [6.07, 6.45) is 7.68. The van der Waals surface area contributed by atoms with Crippen molar-refractivity contribution in [1.82, 2.24) is 10.2 Å². The van der Waals surface area contributed by atoms with Crippen LogP contribution in [0.15, 0.2) is 47.6 Å². The number of aliphatic hydroxyl groups is 4. The number of alkyl halides is 2. The molecule has 9 rings (SSSR count). The van der Waals surface area contributed by atoms with Gasteiger partial charge >= 0.3 is 18.2 Å². The molecular weight excluding hydrogens is 911 g/mol. The summed E-state index contributed by atoms with van der Waals surface area (Å²) in [5.41, 5.74) is -12.2. The van der Waals surface area contributed by atoms with Crippen LogP contribution in [0.4, 0.5) is 18.4 Å². The number of hydrogen-bond donors (Lipinski definition) is 5. The number of carbonyl (C=O) groups excluding carboxylic acids is 6. The largest absolute Gasteiger partial charge is 0.458 e. The molecule has 1 heterocycles. The molecule has 5 N–H and O–H groups in total. The highest BCUT2D eigenvalue weighted by Crippen LogP contribution is 2.75. The predicted octanol–water partition coefficient (Wildman–Crippen LogP) is 6.11. The first kappa shape index (κ1) is 52.0. The third-order valence-corrected chi connectivity index (χ3v) is 19.9. The molecule has 2 amide bonds. The average Bonchev–Trinajstić information content (AvgIpc) is 3.76. The SMILES string of the molecule is CCCN1C(=O)O[C@@]2([C@@H](C)C[C@H]3[C@@H]4CCC5=CC(=O)C=C[C@]5(C)[C@@]4(F)[C@@H](O)C[C@@]32C)C1(O)CO.CCNC(=O)O[C@]1(C(=O)COC(C)=O)[C@@H](C)C[C@H]2[C@@H]3CCC4=CC(=O)C=C[C@]4(C)[C@@]3(F)[C@@H](O)C[C@@]21C. The molecule has 1 spiro atoms. The van der Waals surface area contributed by atoms with Crippen molar-refractivity contribution in [2.75, 3.05) is 26.3 Å². The number of rotatable bonds is 8. The lowest BCUT2D eigenvalue weighted by Crippen LogP contribution is -2.73. The van der Waals surface area contributed by atoms with Crippen molar-refractivity contribution in [3.8, 4) is 0 Å². The number of fused-ring (bicyclic) bond motifs is 11. The Morgan fingerprint density at radius 1 is 0.814 bits per heavy atom. The monoisotopic (exact) mass is 983 g/mol. The maximum absolute atomic E-state index is 17.4. The molecule has 17 heteroatoms. The van der Waals surface area contributed by atoms with Crippen LogP contribution in [0.2, 0.25) is 0 Å². The molecule has 0 aromatic carbocycles. The van der Waals surface area contributed by atoms with Gasteiger partial charge < -0.3 is 40.0 Å². The van der Waals surface area contributed by atoms with Gasteiger partial charge in [0.25, 0.3) is 0 Å². The van der Waals surface area contributed by atoms with E-state index in [-0.39, 0.29) is 49.3 Å². The smallest absolute Gasteiger partial charge is 0.413 e. The van der Waals surface area contributed by atoms with E-state index in [2.05, 4.69) is 5.32 Å². The fourth-order valence-electron chi connectivity index (χ4n) is 16.9. The molecule has 1 unspecified atom stereocenters. The Hall–Kier alpha value is -4.32. The number of amides is 2. The Bertz CT molecular complexity index is 2370. The number of carbonyl (C=O) groups is 6. The second-order valence-corrected chi connectivity index (χ2v) is 22.9. The average molecular weight is 983 g/mol. The molecule has 15 nitrogen and oxygen atoms in total. The summed E-state index contributed by atoms with van der Waals surface area (Å²) in [6.45, 7) is 14.8. The van der Waals surface area contributed by atoms with Gasteiger partial charge in [0.2, 0.25) is 11.5 Å². The van der Waals surface area contributed by atoms with E-state index in [1.54, 1.807) is 46.8 Å². The number of Topliss-reactive ketones (excluding diaryl/α,β-unsaturated/α-hetero) is 1. The number of nitrogens with one attached hydrogen (secondary N) is 1. The molecule has 0 bridgehead atoms. The van der Waals surface area contributed by atoms with Crippen LogP contribution in [0.1, 0.15) is 120 Å². The molecule has 17 atom stereocenters. The van der Waals surface area contributed by atoms with E-state index < -0.39 is 123 Å². The summed E-state index contributed by atoms with van der Waals surface area (Å²) in [6, 6.07) is 0. The summed E-state index contributed by atoms with van der Waals surface area (Å²) in [4.78, 5) is 76.2. The van der Waals surface area contributed by atoms with Gasteiger partial charge in [0.05, 0.1) is 18.8 Å². The minimum atomic E-state index is -2.07. The minimum Gasteiger partial charge on any atom is -0.458 e. The Balaban J connectivity index is 0.000000188. The van der Waals surface area contributed by atoms with Gasteiger partial charge in [0, 0.05) is 65.3 Å². The first-order valence-electron chi connectivity index (χ1n) is 25.2. The summed E-state index contributed by atoms with van der Waals surface area (Å²) in [5, 5.41) is 48.0. The van der Waals surface area contributed by atoms with Crippen molar-refractivity contribution in [2.45, 2.75) is 161 Å². The van der Waals surface area contributed by atoms with Crippen LogP contribution in [-0.4, -0.2) is 128 Å². The number of allylic oxidation sites excluding steroid dienone is 8. The fraction of sp³-hybridized carbons (Fsp3) is 0.736. The lowest BCUT2D eigenvalue weighted by molar-refractivity contribution is -0.268. The van der Waals surface area contributed by atoms with E-state index in [1.165, 1.54) is 36.1 Å². The van der Waals surface area contributed by atoms with Gasteiger partial charge in [-0.1, -0.05) is 57.9 Å². The number of esters is 1. The molecule has 1 saturated heterocycles. The molecule has 6 saturated carbocycles. The Labute approximate surface area is 408 Å². The van der Waals surface area contributed by atoms with Gasteiger partial charge in [-0.2, -0.15) is 0 Å². The lowest BCUT2D eigenvalue weighted by atomic mass is 9.44. The fourth-order valence-corrected chi connectivity index (χ4v) is 16.9. The first-order valence-corrected chi connectivity index (χ1v) is 25.2. The molecule has 0 radical (unpaired) electrons. The molecule has 1 aliphatic heterocycles. The third-order valence-electron chi connectivity index (χ3n) is 19.9. The summed E-state index contributed by atoms with van der Waals surface area (Å²) in [7, 11) is 0. The molecule has 386 valence electrons. The maximum atomic E-state index is 17.4. The quantitative estimate of drug-likeness (QED) is 0.137. The predicted molar refractivity (Wildman–Crippen MR) is 249 cm³/mol. The van der Waals surface area contributed by atoms with Gasteiger partial charge in [0.1, 0.15) is 0 Å². The van der Waals surface area contributed by atoms with Crippen LogP contribution in [0, 0.1) is 57.2 Å². The van der Waals surface area contributed by atoms with Crippen LogP contribution in [0.3, 0.4) is 0 Å². The summed E-state index contributed by atoms with van der Waals surface area (Å²) in [5.74, 6) is -4.37. The van der Waals surface area contributed by atoms with E-state index >= 15 is 8.78 Å². The Morgan fingerprint density at radius 3 is 1.80 bits per heavy atom. The number of ketones is 3. The maximum Gasteiger partial charge on any atom is 0.413 e. The Kier molecular flexibility index (Phi) is 12.7. The summed E-state index contributed by atoms with van der Waals surface area (Å²) >= 11 is 0. The van der Waals surface area contributed by atoms with Gasteiger partial charge in [-0.3, -0.25) is 24.1 Å². The highest BCUT2D eigenvalue weighted by Gasteiger charge is 2.83. The number of hydrogen-bond acceptors (Lipinski definition) is 13. The van der Waals surface area contributed by atoms with Crippen molar-refractivity contribution in [3.05, 3.63) is 47.6 Å². The number of ether oxygens (including phenoxy) is 3. The van der Waals surface area contributed by atoms with E-state index in [4.69, 9.17) is 14.2 Å². The number of alkyl carbamates (subject to hydrolysis) is 1. The number of nitrogens with zero attached hydrogens (tertiary/aromatic N) is 1. The molecule has 7 fully saturated rings. The summed E-state index contributed by atoms with van der Waals surface area (Å²) < 4.78 is 51.7. The van der Waals surface area contributed by atoms with E-state index in [1.807, 2.05) is 20.8 Å². The molecule has 70 heavy (non-hydrogen) atoms. The second kappa shape index (κ2) is 17.1. The van der Waals surface area contributed by atoms with Crippen LogP contribution in [0.25, 0.3) is 0 Å². The first-order chi connectivity index (χ1) is 32.6. The van der Waals surface area contributed by atoms with Gasteiger partial charge in [-0.15, -0.1) is 0 Å². The van der Waals surface area contributed by atoms with Crippen LogP contribution >= 0.6 is 0 Å².